The third-order valence-electron chi connectivity index (χ3n) is 3.63. The van der Waals surface area contributed by atoms with Crippen molar-refractivity contribution in [3.63, 3.8) is 0 Å². The van der Waals surface area contributed by atoms with Gasteiger partial charge in [0, 0.05) is 23.3 Å². The number of nitrogens with zero attached hydrogens (tertiary/aromatic N) is 1. The average Bonchev–Trinajstić information content (AvgIpc) is 2.76. The zero-order valence-electron chi connectivity index (χ0n) is 13.0. The molecular weight excluding hydrogens is 264 g/mol. The van der Waals surface area contributed by atoms with Gasteiger partial charge in [0.2, 0.25) is 0 Å². The summed E-state index contributed by atoms with van der Waals surface area (Å²) in [6.45, 7) is 10.8. The monoisotopic (exact) mass is 288 g/mol. The van der Waals surface area contributed by atoms with E-state index in [0.717, 1.165) is 17.1 Å². The molecule has 2 rings (SSSR count). The van der Waals surface area contributed by atoms with Gasteiger partial charge in [-0.3, -0.25) is 0 Å². The molecule has 0 aliphatic carbocycles. The van der Waals surface area contributed by atoms with Crippen molar-refractivity contribution >= 4 is 11.3 Å². The van der Waals surface area contributed by atoms with Gasteiger partial charge in [-0.25, -0.2) is 4.98 Å². The third kappa shape index (κ3) is 3.28. The maximum Gasteiger partial charge on any atom is 0.0947 e. The van der Waals surface area contributed by atoms with Gasteiger partial charge < -0.3 is 5.73 Å². The van der Waals surface area contributed by atoms with Gasteiger partial charge >= 0.3 is 0 Å². The van der Waals surface area contributed by atoms with Gasteiger partial charge in [0.15, 0.2) is 0 Å². The first-order valence-corrected chi connectivity index (χ1v) is 7.93. The van der Waals surface area contributed by atoms with Crippen molar-refractivity contribution in [2.75, 3.05) is 0 Å². The first-order valence-electron chi connectivity index (χ1n) is 7.05. The number of nitrogens with two attached hydrogens (primary N) is 1. The number of hydrogen-bond donors (Lipinski definition) is 1. The van der Waals surface area contributed by atoms with Crippen molar-refractivity contribution < 1.29 is 0 Å². The van der Waals surface area contributed by atoms with E-state index in [0.29, 0.717) is 0 Å². The van der Waals surface area contributed by atoms with Gasteiger partial charge in [0.25, 0.3) is 0 Å². The van der Waals surface area contributed by atoms with Gasteiger partial charge in [-0.15, -0.1) is 11.3 Å². The van der Waals surface area contributed by atoms with E-state index in [-0.39, 0.29) is 11.5 Å². The summed E-state index contributed by atoms with van der Waals surface area (Å²) in [5.74, 6) is 0. The number of benzene rings is 1. The lowest BCUT2D eigenvalue weighted by Gasteiger charge is -2.17. The molecule has 1 heterocycles. The van der Waals surface area contributed by atoms with Crippen LogP contribution < -0.4 is 5.73 Å². The molecule has 2 nitrogen and oxygen atoms in total. The molecule has 108 valence electrons. The number of aromatic nitrogens is 1. The Morgan fingerprint density at radius 1 is 1.20 bits per heavy atom. The van der Waals surface area contributed by atoms with E-state index in [1.165, 1.54) is 16.7 Å². The van der Waals surface area contributed by atoms with Crippen molar-refractivity contribution in [3.8, 4) is 0 Å². The van der Waals surface area contributed by atoms with Gasteiger partial charge in [-0.2, -0.15) is 0 Å². The quantitative estimate of drug-likeness (QED) is 0.914. The fraction of sp³-hybridized carbons (Fsp3) is 0.471. The lowest BCUT2D eigenvalue weighted by atomic mass is 9.93. The van der Waals surface area contributed by atoms with Crippen LogP contribution in [-0.4, -0.2) is 4.98 Å². The van der Waals surface area contributed by atoms with Gasteiger partial charge in [-0.05, 0) is 30.5 Å². The average molecular weight is 288 g/mol. The van der Waals surface area contributed by atoms with Crippen LogP contribution in [-0.2, 0) is 11.8 Å². The zero-order valence-corrected chi connectivity index (χ0v) is 13.8. The topological polar surface area (TPSA) is 38.9 Å². The summed E-state index contributed by atoms with van der Waals surface area (Å²) in [6, 6.07) is 6.37. The maximum atomic E-state index is 6.41. The smallest absolute Gasteiger partial charge is 0.0947 e. The second-order valence-electron chi connectivity index (χ2n) is 6.49. The predicted molar refractivity (Wildman–Crippen MR) is 87.4 cm³/mol. The highest BCUT2D eigenvalue weighted by Gasteiger charge is 2.19. The minimum atomic E-state index is 0.0233. The van der Waals surface area contributed by atoms with Crippen molar-refractivity contribution in [1.82, 2.24) is 4.98 Å². The second kappa shape index (κ2) is 5.66. The van der Waals surface area contributed by atoms with Crippen LogP contribution in [0, 0.1) is 13.8 Å². The summed E-state index contributed by atoms with van der Waals surface area (Å²) in [7, 11) is 0. The summed E-state index contributed by atoms with van der Waals surface area (Å²) < 4.78 is 0. The third-order valence-corrected chi connectivity index (χ3v) is 4.50. The molecule has 0 saturated heterocycles. The molecule has 0 bridgehead atoms. The molecule has 1 aromatic carbocycles. The molecular formula is C17H24N2S. The van der Waals surface area contributed by atoms with Crippen molar-refractivity contribution in [2.45, 2.75) is 52.5 Å². The Labute approximate surface area is 126 Å². The van der Waals surface area contributed by atoms with E-state index >= 15 is 0 Å². The molecule has 0 amide bonds. The zero-order chi connectivity index (χ0) is 14.9. The molecule has 2 aromatic rings. The molecule has 0 aliphatic heterocycles. The van der Waals surface area contributed by atoms with E-state index in [9.17, 15) is 0 Å². The summed E-state index contributed by atoms with van der Waals surface area (Å²) in [5.41, 5.74) is 11.5. The molecule has 1 unspecified atom stereocenters. The molecule has 20 heavy (non-hydrogen) atoms. The van der Waals surface area contributed by atoms with Crippen molar-refractivity contribution in [3.05, 3.63) is 51.0 Å². The Bertz CT molecular complexity index is 573. The van der Waals surface area contributed by atoms with E-state index in [1.807, 2.05) is 0 Å². The Morgan fingerprint density at radius 2 is 1.80 bits per heavy atom. The molecule has 0 fully saturated rings. The van der Waals surface area contributed by atoms with Crippen LogP contribution >= 0.6 is 11.3 Å². The molecule has 0 aliphatic rings. The lowest BCUT2D eigenvalue weighted by Crippen LogP contribution is -2.17. The molecule has 1 atom stereocenters. The van der Waals surface area contributed by atoms with Crippen molar-refractivity contribution in [2.24, 2.45) is 5.73 Å². The Balaban J connectivity index is 2.20. The molecule has 0 saturated carbocycles. The number of hydrogen-bond acceptors (Lipinski definition) is 3. The Morgan fingerprint density at radius 3 is 2.30 bits per heavy atom. The molecule has 2 N–H and O–H groups in total. The largest absolute Gasteiger partial charge is 0.324 e. The van der Waals surface area contributed by atoms with Gasteiger partial charge in [0.1, 0.15) is 0 Å². The number of aryl methyl sites for hydroxylation is 2. The maximum absolute atomic E-state index is 6.41. The Hall–Kier alpha value is -1.19. The predicted octanol–water partition coefficient (Wildman–Crippen LogP) is 4.30. The van der Waals surface area contributed by atoms with E-state index in [1.54, 1.807) is 11.3 Å². The second-order valence-corrected chi connectivity index (χ2v) is 7.44. The summed E-state index contributed by atoms with van der Waals surface area (Å²) in [5, 5.41) is 3.29. The summed E-state index contributed by atoms with van der Waals surface area (Å²) in [6.07, 6.45) is 0.812. The van der Waals surface area contributed by atoms with Crippen LogP contribution in [0.2, 0.25) is 0 Å². The van der Waals surface area contributed by atoms with E-state index < -0.39 is 0 Å². The summed E-state index contributed by atoms with van der Waals surface area (Å²) in [4.78, 5) is 4.74. The minimum Gasteiger partial charge on any atom is -0.324 e. The van der Waals surface area contributed by atoms with Crippen LogP contribution in [0.5, 0.6) is 0 Å². The molecule has 0 spiro atoms. The first-order chi connectivity index (χ1) is 9.29. The van der Waals surface area contributed by atoms with Gasteiger partial charge in [0.05, 0.1) is 10.7 Å². The van der Waals surface area contributed by atoms with E-state index in [4.69, 9.17) is 10.7 Å². The van der Waals surface area contributed by atoms with Crippen LogP contribution in [0.4, 0.5) is 0 Å². The van der Waals surface area contributed by atoms with Crippen LogP contribution in [0.25, 0.3) is 0 Å². The van der Waals surface area contributed by atoms with Gasteiger partial charge in [-0.1, -0.05) is 39.0 Å². The van der Waals surface area contributed by atoms with Crippen LogP contribution in [0.3, 0.4) is 0 Å². The highest BCUT2D eigenvalue weighted by molar-refractivity contribution is 7.09. The standard InChI is InChI=1S/C17H24N2S/c1-11-7-6-8-12(2)16(11)13(18)9-15-19-14(10-20-15)17(3,4)5/h6-8,10,13H,9,18H2,1-5H3. The lowest BCUT2D eigenvalue weighted by molar-refractivity contribution is 0.569. The van der Waals surface area contributed by atoms with Crippen LogP contribution in [0.15, 0.2) is 23.6 Å². The molecule has 3 heteroatoms. The summed E-state index contributed by atoms with van der Waals surface area (Å²) >= 11 is 1.72. The normalized spacial score (nSPS) is 13.5. The molecule has 0 radical (unpaired) electrons. The highest BCUT2D eigenvalue weighted by atomic mass is 32.1. The first kappa shape index (κ1) is 15.2. The Kier molecular flexibility index (Phi) is 4.31. The van der Waals surface area contributed by atoms with Crippen molar-refractivity contribution in [1.29, 1.82) is 0 Å². The SMILES string of the molecule is Cc1cccc(C)c1C(N)Cc1nc(C(C)(C)C)cs1. The van der Waals surface area contributed by atoms with Crippen LogP contribution in [0.1, 0.15) is 54.2 Å². The fourth-order valence-electron chi connectivity index (χ4n) is 2.45. The molecule has 1 aromatic heterocycles. The van der Waals surface area contributed by atoms with E-state index in [2.05, 4.69) is 58.2 Å². The fourth-order valence-corrected chi connectivity index (χ4v) is 3.53. The minimum absolute atomic E-state index is 0.0233. The number of thiazole rings is 1. The number of rotatable bonds is 3. The highest BCUT2D eigenvalue weighted by Crippen LogP contribution is 2.28.